The maximum absolute atomic E-state index is 5.45. The predicted molar refractivity (Wildman–Crippen MR) is 99.9 cm³/mol. The molecule has 0 bridgehead atoms. The quantitative estimate of drug-likeness (QED) is 0.647. The molecule has 4 nitrogen and oxygen atoms in total. The van der Waals surface area contributed by atoms with Crippen molar-refractivity contribution in [2.24, 2.45) is 0 Å². The summed E-state index contributed by atoms with van der Waals surface area (Å²) in [6.07, 6.45) is 5.25. The standard InChI is InChI=1S/C20H22N2O2S/c1-23-18-7-2-5-15(12-18)11-17-6-3-9-22(17)13-16-14-25-20(21-16)19-8-4-10-24-19/h2,4-5,7-8,10,12,14,17H,3,6,9,11,13H2,1H3. The Morgan fingerprint density at radius 3 is 3.12 bits per heavy atom. The number of methoxy groups -OCH3 is 1. The summed E-state index contributed by atoms with van der Waals surface area (Å²) in [5.74, 6) is 1.79. The van der Waals surface area contributed by atoms with Crippen LogP contribution in [0, 0.1) is 0 Å². The van der Waals surface area contributed by atoms with E-state index >= 15 is 0 Å². The van der Waals surface area contributed by atoms with Gasteiger partial charge >= 0.3 is 0 Å². The molecule has 2 aromatic heterocycles. The molecule has 1 unspecified atom stereocenters. The second kappa shape index (κ2) is 7.42. The van der Waals surface area contributed by atoms with Gasteiger partial charge in [-0.3, -0.25) is 4.90 Å². The number of hydrogen-bond donors (Lipinski definition) is 0. The van der Waals surface area contributed by atoms with Crippen LogP contribution in [0.3, 0.4) is 0 Å². The fourth-order valence-electron chi connectivity index (χ4n) is 3.51. The molecule has 0 N–H and O–H groups in total. The van der Waals surface area contributed by atoms with Crippen molar-refractivity contribution in [3.8, 4) is 16.5 Å². The van der Waals surface area contributed by atoms with Crippen molar-refractivity contribution in [1.82, 2.24) is 9.88 Å². The van der Waals surface area contributed by atoms with Gasteiger partial charge in [-0.1, -0.05) is 12.1 Å². The zero-order valence-corrected chi connectivity index (χ0v) is 15.2. The van der Waals surface area contributed by atoms with E-state index in [4.69, 9.17) is 14.1 Å². The Morgan fingerprint density at radius 1 is 1.32 bits per heavy atom. The third kappa shape index (κ3) is 3.78. The molecule has 25 heavy (non-hydrogen) atoms. The van der Waals surface area contributed by atoms with Crippen molar-refractivity contribution < 1.29 is 9.15 Å². The molecule has 4 rings (SSSR count). The number of aromatic nitrogens is 1. The first-order chi connectivity index (χ1) is 12.3. The molecule has 1 aromatic carbocycles. The summed E-state index contributed by atoms with van der Waals surface area (Å²) in [5.41, 5.74) is 2.47. The number of ether oxygens (including phenoxy) is 1. The summed E-state index contributed by atoms with van der Waals surface area (Å²) in [6.45, 7) is 2.05. The molecule has 130 valence electrons. The van der Waals surface area contributed by atoms with Crippen molar-refractivity contribution in [1.29, 1.82) is 0 Å². The average molecular weight is 354 g/mol. The van der Waals surface area contributed by atoms with E-state index in [9.17, 15) is 0 Å². The zero-order chi connectivity index (χ0) is 17.1. The summed E-state index contributed by atoms with van der Waals surface area (Å²) in [5, 5.41) is 3.11. The van der Waals surface area contributed by atoms with Crippen LogP contribution in [0.5, 0.6) is 5.75 Å². The van der Waals surface area contributed by atoms with Gasteiger partial charge in [0, 0.05) is 18.0 Å². The van der Waals surface area contributed by atoms with Crippen molar-refractivity contribution in [2.45, 2.75) is 31.8 Å². The topological polar surface area (TPSA) is 38.5 Å². The van der Waals surface area contributed by atoms with Gasteiger partial charge in [-0.05, 0) is 55.6 Å². The second-order valence-electron chi connectivity index (χ2n) is 6.44. The molecular formula is C20H22N2O2S. The summed E-state index contributed by atoms with van der Waals surface area (Å²) in [6, 6.07) is 12.8. The van der Waals surface area contributed by atoms with Crippen molar-refractivity contribution >= 4 is 11.3 Å². The molecule has 1 saturated heterocycles. The molecule has 1 atom stereocenters. The highest BCUT2D eigenvalue weighted by atomic mass is 32.1. The number of nitrogens with zero attached hydrogens (tertiary/aromatic N) is 2. The summed E-state index contributed by atoms with van der Waals surface area (Å²) >= 11 is 1.65. The van der Waals surface area contributed by atoms with Crippen LogP contribution in [0.2, 0.25) is 0 Å². The SMILES string of the molecule is COc1cccc(CC2CCCN2Cc2csc(-c3ccco3)n2)c1. The van der Waals surface area contributed by atoms with Crippen molar-refractivity contribution in [2.75, 3.05) is 13.7 Å². The van der Waals surface area contributed by atoms with Gasteiger partial charge in [0.15, 0.2) is 10.8 Å². The van der Waals surface area contributed by atoms with E-state index in [0.717, 1.165) is 41.7 Å². The molecule has 1 fully saturated rings. The van der Waals surface area contributed by atoms with Crippen LogP contribution < -0.4 is 4.74 Å². The van der Waals surface area contributed by atoms with Crippen LogP contribution in [0.25, 0.3) is 10.8 Å². The predicted octanol–water partition coefficient (Wildman–Crippen LogP) is 4.62. The Labute approximate surface area is 152 Å². The van der Waals surface area contributed by atoms with Crippen LogP contribution in [-0.2, 0) is 13.0 Å². The number of hydrogen-bond acceptors (Lipinski definition) is 5. The van der Waals surface area contributed by atoms with Crippen LogP contribution in [0.1, 0.15) is 24.1 Å². The van der Waals surface area contributed by atoms with E-state index in [1.54, 1.807) is 24.7 Å². The first kappa shape index (κ1) is 16.4. The number of thiazole rings is 1. The minimum Gasteiger partial charge on any atom is -0.497 e. The number of benzene rings is 1. The third-order valence-electron chi connectivity index (χ3n) is 4.75. The highest BCUT2D eigenvalue weighted by Crippen LogP contribution is 2.28. The molecule has 0 aliphatic carbocycles. The fourth-order valence-corrected chi connectivity index (χ4v) is 4.28. The molecule has 0 spiro atoms. The number of rotatable bonds is 6. The van der Waals surface area contributed by atoms with E-state index in [1.807, 2.05) is 18.2 Å². The van der Waals surface area contributed by atoms with Gasteiger partial charge < -0.3 is 9.15 Å². The number of likely N-dealkylation sites (tertiary alicyclic amines) is 1. The van der Waals surface area contributed by atoms with E-state index in [1.165, 1.54) is 18.4 Å². The lowest BCUT2D eigenvalue weighted by Crippen LogP contribution is -2.30. The minimum atomic E-state index is 0.570. The van der Waals surface area contributed by atoms with Gasteiger partial charge in [-0.15, -0.1) is 11.3 Å². The Hall–Kier alpha value is -2.11. The lowest BCUT2D eigenvalue weighted by molar-refractivity contribution is 0.241. The first-order valence-corrected chi connectivity index (χ1v) is 9.55. The van der Waals surface area contributed by atoms with Gasteiger partial charge in [-0.25, -0.2) is 4.98 Å². The molecule has 0 amide bonds. The minimum absolute atomic E-state index is 0.570. The van der Waals surface area contributed by atoms with E-state index in [0.29, 0.717) is 6.04 Å². The molecule has 0 saturated carbocycles. The van der Waals surface area contributed by atoms with Gasteiger partial charge in [0.2, 0.25) is 0 Å². The number of furan rings is 1. The Bertz CT molecular complexity index is 813. The second-order valence-corrected chi connectivity index (χ2v) is 7.30. The lowest BCUT2D eigenvalue weighted by Gasteiger charge is -2.23. The first-order valence-electron chi connectivity index (χ1n) is 8.67. The van der Waals surface area contributed by atoms with E-state index in [2.05, 4.69) is 28.5 Å². The van der Waals surface area contributed by atoms with Crippen LogP contribution >= 0.6 is 11.3 Å². The molecule has 3 aromatic rings. The Kier molecular flexibility index (Phi) is 4.85. The third-order valence-corrected chi connectivity index (χ3v) is 5.66. The van der Waals surface area contributed by atoms with E-state index in [-0.39, 0.29) is 0 Å². The highest BCUT2D eigenvalue weighted by molar-refractivity contribution is 7.13. The zero-order valence-electron chi connectivity index (χ0n) is 14.4. The molecular weight excluding hydrogens is 332 g/mol. The molecule has 1 aliphatic heterocycles. The van der Waals surface area contributed by atoms with Crippen LogP contribution in [-0.4, -0.2) is 29.6 Å². The average Bonchev–Trinajstić information content (AvgIpc) is 3.38. The van der Waals surface area contributed by atoms with Gasteiger partial charge in [-0.2, -0.15) is 0 Å². The fraction of sp³-hybridized carbons (Fsp3) is 0.350. The summed E-state index contributed by atoms with van der Waals surface area (Å²) in [4.78, 5) is 7.30. The molecule has 3 heterocycles. The maximum atomic E-state index is 5.45. The van der Waals surface area contributed by atoms with Crippen molar-refractivity contribution in [3.63, 3.8) is 0 Å². The molecule has 0 radical (unpaired) electrons. The Morgan fingerprint density at radius 2 is 2.28 bits per heavy atom. The maximum Gasteiger partial charge on any atom is 0.162 e. The van der Waals surface area contributed by atoms with Crippen molar-refractivity contribution in [3.05, 3.63) is 59.3 Å². The van der Waals surface area contributed by atoms with Gasteiger partial charge in [0.05, 0.1) is 19.1 Å². The summed E-state index contributed by atoms with van der Waals surface area (Å²) in [7, 11) is 1.72. The Balaban J connectivity index is 1.43. The lowest BCUT2D eigenvalue weighted by atomic mass is 10.0. The van der Waals surface area contributed by atoms with Crippen LogP contribution in [0.4, 0.5) is 0 Å². The summed E-state index contributed by atoms with van der Waals surface area (Å²) < 4.78 is 10.8. The molecule has 5 heteroatoms. The van der Waals surface area contributed by atoms with Gasteiger partial charge in [0.25, 0.3) is 0 Å². The monoisotopic (exact) mass is 354 g/mol. The molecule has 1 aliphatic rings. The van der Waals surface area contributed by atoms with Crippen LogP contribution in [0.15, 0.2) is 52.5 Å². The van der Waals surface area contributed by atoms with E-state index < -0.39 is 0 Å². The smallest absolute Gasteiger partial charge is 0.162 e. The van der Waals surface area contributed by atoms with Gasteiger partial charge in [0.1, 0.15) is 5.75 Å². The largest absolute Gasteiger partial charge is 0.497 e. The normalized spacial score (nSPS) is 17.9. The highest BCUT2D eigenvalue weighted by Gasteiger charge is 2.25.